The van der Waals surface area contributed by atoms with Gasteiger partial charge in [0.25, 0.3) is 5.91 Å². The summed E-state index contributed by atoms with van der Waals surface area (Å²) in [5.74, 6) is -0.361. The summed E-state index contributed by atoms with van der Waals surface area (Å²) in [5, 5.41) is 5.78. The van der Waals surface area contributed by atoms with Gasteiger partial charge in [0.15, 0.2) is 0 Å². The molecule has 0 saturated carbocycles. The second kappa shape index (κ2) is 10.7. The van der Waals surface area contributed by atoms with Crippen molar-refractivity contribution in [1.29, 1.82) is 0 Å². The fourth-order valence-electron chi connectivity index (χ4n) is 3.41. The minimum atomic E-state index is -3.42. The summed E-state index contributed by atoms with van der Waals surface area (Å²) in [6.45, 7) is 6.42. The van der Waals surface area contributed by atoms with Crippen LogP contribution in [0.3, 0.4) is 0 Å². The molecule has 0 bridgehead atoms. The minimum absolute atomic E-state index is 0.0596. The molecule has 1 aromatic carbocycles. The van der Waals surface area contributed by atoms with Crippen LogP contribution in [0, 0.1) is 0 Å². The van der Waals surface area contributed by atoms with Crippen molar-refractivity contribution in [2.45, 2.75) is 71.5 Å². The second-order valence-electron chi connectivity index (χ2n) is 7.64. The largest absolute Gasteiger partial charge is 0.351 e. The number of hydrogen-bond acceptors (Lipinski definition) is 4. The standard InChI is InChI=1S/C21H33N3O4S/c1-4-13-29(27,28)24-12-7-6-11-19(24)21(26)22-15-17-9-8-10-18(14-17)20(25)23-16(3)5-2/h8-10,14,16,19H,4-7,11-13,15H2,1-3H3,(H,22,26)(H,23,25). The molecule has 0 radical (unpaired) electrons. The summed E-state index contributed by atoms with van der Waals surface area (Å²) in [7, 11) is -3.42. The van der Waals surface area contributed by atoms with E-state index in [-0.39, 0.29) is 30.2 Å². The van der Waals surface area contributed by atoms with Crippen LogP contribution in [0.4, 0.5) is 0 Å². The fourth-order valence-corrected chi connectivity index (χ4v) is 5.16. The highest BCUT2D eigenvalue weighted by molar-refractivity contribution is 7.89. The Balaban J connectivity index is 2.02. The molecule has 1 aliphatic rings. The highest BCUT2D eigenvalue weighted by Crippen LogP contribution is 2.21. The zero-order chi connectivity index (χ0) is 21.4. The van der Waals surface area contributed by atoms with E-state index in [0.29, 0.717) is 24.9 Å². The lowest BCUT2D eigenvalue weighted by atomic mass is 10.0. The van der Waals surface area contributed by atoms with E-state index < -0.39 is 16.1 Å². The Morgan fingerprint density at radius 2 is 2.00 bits per heavy atom. The van der Waals surface area contributed by atoms with Gasteiger partial charge in [-0.05, 0) is 50.3 Å². The molecule has 2 unspecified atom stereocenters. The lowest BCUT2D eigenvalue weighted by Crippen LogP contribution is -2.52. The van der Waals surface area contributed by atoms with Crippen molar-refractivity contribution in [3.63, 3.8) is 0 Å². The molecule has 162 valence electrons. The molecule has 0 spiro atoms. The molecule has 2 N–H and O–H groups in total. The first kappa shape index (κ1) is 23.3. The van der Waals surface area contributed by atoms with Crippen LogP contribution in [-0.2, 0) is 21.4 Å². The van der Waals surface area contributed by atoms with Gasteiger partial charge in [0.1, 0.15) is 6.04 Å². The highest BCUT2D eigenvalue weighted by atomic mass is 32.2. The number of nitrogens with zero attached hydrogens (tertiary/aromatic N) is 1. The van der Waals surface area contributed by atoms with Crippen molar-refractivity contribution in [2.75, 3.05) is 12.3 Å². The summed E-state index contributed by atoms with van der Waals surface area (Å²) >= 11 is 0. The second-order valence-corrected chi connectivity index (χ2v) is 9.68. The molecule has 7 nitrogen and oxygen atoms in total. The molecule has 1 fully saturated rings. The van der Waals surface area contributed by atoms with E-state index in [9.17, 15) is 18.0 Å². The van der Waals surface area contributed by atoms with Crippen LogP contribution in [0.2, 0.25) is 0 Å². The third-order valence-electron chi connectivity index (χ3n) is 5.22. The van der Waals surface area contributed by atoms with Gasteiger partial charge in [-0.3, -0.25) is 9.59 Å². The van der Waals surface area contributed by atoms with Crippen LogP contribution in [0.1, 0.15) is 68.8 Å². The Labute approximate surface area is 174 Å². The quantitative estimate of drug-likeness (QED) is 0.638. The number of sulfonamides is 1. The van der Waals surface area contributed by atoms with Crippen LogP contribution >= 0.6 is 0 Å². The topological polar surface area (TPSA) is 95.6 Å². The molecule has 2 rings (SSSR count). The zero-order valence-corrected chi connectivity index (χ0v) is 18.4. The van der Waals surface area contributed by atoms with Crippen LogP contribution in [-0.4, -0.2) is 48.9 Å². The van der Waals surface area contributed by atoms with E-state index >= 15 is 0 Å². The molecule has 1 aromatic rings. The lowest BCUT2D eigenvalue weighted by molar-refractivity contribution is -0.125. The highest BCUT2D eigenvalue weighted by Gasteiger charge is 2.35. The Hall–Kier alpha value is -1.93. The number of amides is 2. The summed E-state index contributed by atoms with van der Waals surface area (Å²) in [5.41, 5.74) is 1.34. The molecule has 1 saturated heterocycles. The average Bonchev–Trinajstić information content (AvgIpc) is 2.72. The van der Waals surface area contributed by atoms with Gasteiger partial charge in [-0.25, -0.2) is 8.42 Å². The van der Waals surface area contributed by atoms with Crippen LogP contribution in [0.15, 0.2) is 24.3 Å². The first-order valence-corrected chi connectivity index (χ1v) is 12.1. The Morgan fingerprint density at radius 1 is 1.24 bits per heavy atom. The molecule has 2 atom stereocenters. The van der Waals surface area contributed by atoms with E-state index in [1.807, 2.05) is 26.8 Å². The Kier molecular flexibility index (Phi) is 8.64. The van der Waals surface area contributed by atoms with Gasteiger partial charge in [-0.15, -0.1) is 0 Å². The van der Waals surface area contributed by atoms with Gasteiger partial charge in [-0.1, -0.05) is 32.4 Å². The number of benzene rings is 1. The molecule has 2 amide bonds. The Bertz CT molecular complexity index is 810. The molecule has 1 heterocycles. The molecule has 1 aliphatic heterocycles. The number of rotatable bonds is 9. The van der Waals surface area contributed by atoms with Crippen molar-refractivity contribution in [2.24, 2.45) is 0 Å². The molecular formula is C21H33N3O4S. The molecular weight excluding hydrogens is 390 g/mol. The summed E-state index contributed by atoms with van der Waals surface area (Å²) in [6.07, 6.45) is 3.52. The van der Waals surface area contributed by atoms with E-state index in [0.717, 1.165) is 24.8 Å². The monoisotopic (exact) mass is 423 g/mol. The number of nitrogens with one attached hydrogen (secondary N) is 2. The summed E-state index contributed by atoms with van der Waals surface area (Å²) in [4.78, 5) is 25.0. The van der Waals surface area contributed by atoms with Gasteiger partial charge in [0.2, 0.25) is 15.9 Å². The van der Waals surface area contributed by atoms with E-state index in [2.05, 4.69) is 10.6 Å². The fraction of sp³-hybridized carbons (Fsp3) is 0.619. The molecule has 0 aromatic heterocycles. The van der Waals surface area contributed by atoms with E-state index in [1.54, 1.807) is 18.2 Å². The van der Waals surface area contributed by atoms with Crippen LogP contribution < -0.4 is 10.6 Å². The molecule has 0 aliphatic carbocycles. The van der Waals surface area contributed by atoms with Crippen LogP contribution in [0.25, 0.3) is 0 Å². The maximum atomic E-state index is 12.7. The lowest BCUT2D eigenvalue weighted by Gasteiger charge is -2.33. The normalized spacial score (nSPS) is 18.8. The van der Waals surface area contributed by atoms with Crippen LogP contribution in [0.5, 0.6) is 0 Å². The van der Waals surface area contributed by atoms with Gasteiger partial charge >= 0.3 is 0 Å². The maximum absolute atomic E-state index is 12.7. The summed E-state index contributed by atoms with van der Waals surface area (Å²) < 4.78 is 26.4. The summed E-state index contributed by atoms with van der Waals surface area (Å²) in [6, 6.07) is 6.55. The third-order valence-corrected chi connectivity index (χ3v) is 7.30. The van der Waals surface area contributed by atoms with E-state index in [1.165, 1.54) is 4.31 Å². The van der Waals surface area contributed by atoms with Gasteiger partial charge < -0.3 is 10.6 Å². The van der Waals surface area contributed by atoms with Crippen molar-refractivity contribution in [1.82, 2.24) is 14.9 Å². The maximum Gasteiger partial charge on any atom is 0.251 e. The zero-order valence-electron chi connectivity index (χ0n) is 17.6. The van der Waals surface area contributed by atoms with Crippen molar-refractivity contribution in [3.8, 4) is 0 Å². The van der Waals surface area contributed by atoms with Gasteiger partial charge in [-0.2, -0.15) is 4.31 Å². The minimum Gasteiger partial charge on any atom is -0.351 e. The SMILES string of the molecule is CCCS(=O)(=O)N1CCCCC1C(=O)NCc1cccc(C(=O)NC(C)CC)c1. The van der Waals surface area contributed by atoms with Gasteiger partial charge in [0, 0.05) is 24.7 Å². The number of carbonyl (C=O) groups is 2. The predicted octanol–water partition coefficient (Wildman–Crippen LogP) is 2.43. The number of hydrogen-bond donors (Lipinski definition) is 2. The molecule has 8 heteroatoms. The predicted molar refractivity (Wildman–Crippen MR) is 114 cm³/mol. The van der Waals surface area contributed by atoms with Crippen molar-refractivity contribution >= 4 is 21.8 Å². The van der Waals surface area contributed by atoms with E-state index in [4.69, 9.17) is 0 Å². The van der Waals surface area contributed by atoms with Crippen molar-refractivity contribution in [3.05, 3.63) is 35.4 Å². The third kappa shape index (κ3) is 6.54. The number of carbonyl (C=O) groups excluding carboxylic acids is 2. The first-order valence-electron chi connectivity index (χ1n) is 10.5. The van der Waals surface area contributed by atoms with Gasteiger partial charge in [0.05, 0.1) is 5.75 Å². The smallest absolute Gasteiger partial charge is 0.251 e. The average molecular weight is 424 g/mol. The Morgan fingerprint density at radius 3 is 2.69 bits per heavy atom. The van der Waals surface area contributed by atoms with Crippen molar-refractivity contribution < 1.29 is 18.0 Å². The number of piperidine rings is 1. The first-order chi connectivity index (χ1) is 13.8. The molecule has 29 heavy (non-hydrogen) atoms.